The first kappa shape index (κ1) is 13.4. The number of rotatable bonds is 2. The van der Waals surface area contributed by atoms with Gasteiger partial charge < -0.3 is 10.6 Å². The molecule has 6 heteroatoms. The third-order valence-electron chi connectivity index (χ3n) is 2.60. The van der Waals surface area contributed by atoms with Crippen LogP contribution in [0.5, 0.6) is 0 Å². The monoisotopic (exact) mass is 325 g/mol. The molecule has 1 amide bonds. The molecule has 1 aromatic carbocycles. The predicted molar refractivity (Wildman–Crippen MR) is 76.6 cm³/mol. The van der Waals surface area contributed by atoms with Crippen molar-refractivity contribution in [1.29, 1.82) is 5.26 Å². The van der Waals surface area contributed by atoms with Gasteiger partial charge >= 0.3 is 0 Å². The smallest absolute Gasteiger partial charge is 0.242 e. The fraction of sp³-hybridized carbons (Fsp3) is 0.333. The molecule has 0 spiro atoms. The van der Waals surface area contributed by atoms with Crippen molar-refractivity contribution in [2.75, 3.05) is 23.4 Å². The molecule has 1 unspecified atom stereocenters. The van der Waals surface area contributed by atoms with Crippen molar-refractivity contribution in [3.8, 4) is 6.07 Å². The molecule has 1 heterocycles. The Morgan fingerprint density at radius 1 is 1.61 bits per heavy atom. The molecule has 4 nitrogen and oxygen atoms in total. The van der Waals surface area contributed by atoms with Crippen LogP contribution < -0.4 is 10.6 Å². The Morgan fingerprint density at radius 3 is 3.11 bits per heavy atom. The molecular formula is C12H12BrN3OS. The zero-order chi connectivity index (χ0) is 13.0. The summed E-state index contributed by atoms with van der Waals surface area (Å²) in [6.45, 7) is 0.841. The van der Waals surface area contributed by atoms with Crippen LogP contribution in [0.15, 0.2) is 22.7 Å². The van der Waals surface area contributed by atoms with Crippen molar-refractivity contribution < 1.29 is 4.79 Å². The quantitative estimate of drug-likeness (QED) is 0.872. The van der Waals surface area contributed by atoms with Crippen LogP contribution in [-0.2, 0) is 4.79 Å². The number of amides is 1. The van der Waals surface area contributed by atoms with E-state index in [-0.39, 0.29) is 11.9 Å². The Balaban J connectivity index is 2.09. The standard InChI is InChI=1S/C12H12BrN3OS/c13-9-1-2-10(8(5-9)6-14)16-12(17)11-7-18-4-3-15-11/h1-2,5,11,15H,3-4,7H2,(H,16,17). The van der Waals surface area contributed by atoms with Gasteiger partial charge in [0.25, 0.3) is 0 Å². The van der Waals surface area contributed by atoms with Crippen LogP contribution in [-0.4, -0.2) is 30.0 Å². The maximum atomic E-state index is 12.0. The van der Waals surface area contributed by atoms with Gasteiger partial charge in [-0.25, -0.2) is 0 Å². The van der Waals surface area contributed by atoms with E-state index in [0.717, 1.165) is 22.5 Å². The molecule has 1 aliphatic rings. The van der Waals surface area contributed by atoms with Gasteiger partial charge in [0.15, 0.2) is 0 Å². The zero-order valence-electron chi connectivity index (χ0n) is 9.57. The van der Waals surface area contributed by atoms with Crippen molar-refractivity contribution in [3.63, 3.8) is 0 Å². The summed E-state index contributed by atoms with van der Waals surface area (Å²) in [4.78, 5) is 12.0. The molecule has 94 valence electrons. The minimum Gasteiger partial charge on any atom is -0.324 e. The first-order valence-corrected chi connectivity index (χ1v) is 7.47. The van der Waals surface area contributed by atoms with E-state index in [9.17, 15) is 4.79 Å². The Labute approximate surface area is 118 Å². The molecule has 18 heavy (non-hydrogen) atoms. The van der Waals surface area contributed by atoms with Gasteiger partial charge in [-0.3, -0.25) is 4.79 Å². The van der Waals surface area contributed by atoms with Crippen LogP contribution >= 0.6 is 27.7 Å². The second-order valence-electron chi connectivity index (χ2n) is 3.87. The Kier molecular flexibility index (Phi) is 4.64. The van der Waals surface area contributed by atoms with Gasteiger partial charge in [-0.2, -0.15) is 17.0 Å². The van der Waals surface area contributed by atoms with Crippen LogP contribution in [0.4, 0.5) is 5.69 Å². The summed E-state index contributed by atoms with van der Waals surface area (Å²) in [5.74, 6) is 1.72. The Bertz CT molecular complexity index is 495. The van der Waals surface area contributed by atoms with Crippen LogP contribution in [0.25, 0.3) is 0 Å². The SMILES string of the molecule is N#Cc1cc(Br)ccc1NC(=O)C1CSCCN1. The number of thioether (sulfide) groups is 1. The topological polar surface area (TPSA) is 64.9 Å². The van der Waals surface area contributed by atoms with E-state index in [1.807, 2.05) is 0 Å². The zero-order valence-corrected chi connectivity index (χ0v) is 12.0. The molecule has 1 fully saturated rings. The summed E-state index contributed by atoms with van der Waals surface area (Å²) in [5, 5.41) is 15.0. The normalized spacial score (nSPS) is 19.0. The summed E-state index contributed by atoms with van der Waals surface area (Å²) >= 11 is 5.06. The van der Waals surface area contributed by atoms with E-state index < -0.39 is 0 Å². The fourth-order valence-electron chi connectivity index (χ4n) is 1.67. The largest absolute Gasteiger partial charge is 0.324 e. The highest BCUT2D eigenvalue weighted by atomic mass is 79.9. The average molecular weight is 326 g/mol. The fourth-order valence-corrected chi connectivity index (χ4v) is 2.97. The first-order valence-electron chi connectivity index (χ1n) is 5.52. The lowest BCUT2D eigenvalue weighted by Crippen LogP contribution is -2.46. The number of hydrogen-bond donors (Lipinski definition) is 2. The van der Waals surface area contributed by atoms with Gasteiger partial charge in [-0.05, 0) is 18.2 Å². The minimum atomic E-state index is -0.182. The lowest BCUT2D eigenvalue weighted by Gasteiger charge is -2.22. The molecule has 0 radical (unpaired) electrons. The van der Waals surface area contributed by atoms with Gasteiger partial charge in [0.1, 0.15) is 6.07 Å². The maximum Gasteiger partial charge on any atom is 0.242 e. The Hall–Kier alpha value is -1.03. The number of carbonyl (C=O) groups excluding carboxylic acids is 1. The predicted octanol–water partition coefficient (Wildman–Crippen LogP) is 1.96. The summed E-state index contributed by atoms with van der Waals surface area (Å²) in [7, 11) is 0. The van der Waals surface area contributed by atoms with Crippen molar-refractivity contribution in [1.82, 2.24) is 5.32 Å². The van der Waals surface area contributed by atoms with E-state index in [4.69, 9.17) is 5.26 Å². The van der Waals surface area contributed by atoms with E-state index in [2.05, 4.69) is 32.6 Å². The van der Waals surface area contributed by atoms with Crippen LogP contribution in [0.1, 0.15) is 5.56 Å². The third-order valence-corrected chi connectivity index (χ3v) is 4.15. The number of benzene rings is 1. The van der Waals surface area contributed by atoms with Gasteiger partial charge in [0.05, 0.1) is 17.3 Å². The molecule has 2 rings (SSSR count). The molecule has 1 aromatic rings. The summed E-state index contributed by atoms with van der Waals surface area (Å²) < 4.78 is 0.823. The second kappa shape index (κ2) is 6.23. The van der Waals surface area contributed by atoms with Crippen LogP contribution in [0, 0.1) is 11.3 Å². The summed E-state index contributed by atoms with van der Waals surface area (Å²) in [6.07, 6.45) is 0. The molecule has 1 atom stereocenters. The molecule has 0 aromatic heterocycles. The average Bonchev–Trinajstić information content (AvgIpc) is 2.41. The number of carbonyl (C=O) groups is 1. The van der Waals surface area contributed by atoms with Gasteiger partial charge in [-0.1, -0.05) is 15.9 Å². The second-order valence-corrected chi connectivity index (χ2v) is 5.94. The molecule has 2 N–H and O–H groups in total. The minimum absolute atomic E-state index is 0.0824. The summed E-state index contributed by atoms with van der Waals surface area (Å²) in [6, 6.07) is 7.12. The van der Waals surface area contributed by atoms with Crippen molar-refractivity contribution in [2.24, 2.45) is 0 Å². The molecular weight excluding hydrogens is 314 g/mol. The van der Waals surface area contributed by atoms with Gasteiger partial charge in [0.2, 0.25) is 5.91 Å². The highest BCUT2D eigenvalue weighted by Crippen LogP contribution is 2.21. The third kappa shape index (κ3) is 3.25. The number of nitriles is 1. The molecule has 0 aliphatic carbocycles. The van der Waals surface area contributed by atoms with E-state index in [1.165, 1.54) is 0 Å². The number of anilines is 1. The summed E-state index contributed by atoms with van der Waals surface area (Å²) in [5.41, 5.74) is 1.02. The van der Waals surface area contributed by atoms with E-state index in [0.29, 0.717) is 11.3 Å². The van der Waals surface area contributed by atoms with Gasteiger partial charge in [0, 0.05) is 22.5 Å². The first-order chi connectivity index (χ1) is 8.70. The number of nitrogens with one attached hydrogen (secondary N) is 2. The number of halogens is 1. The molecule has 1 saturated heterocycles. The van der Waals surface area contributed by atoms with E-state index in [1.54, 1.807) is 30.0 Å². The van der Waals surface area contributed by atoms with Gasteiger partial charge in [-0.15, -0.1) is 0 Å². The van der Waals surface area contributed by atoms with Crippen molar-refractivity contribution >= 4 is 39.3 Å². The highest BCUT2D eigenvalue weighted by Gasteiger charge is 2.21. The highest BCUT2D eigenvalue weighted by molar-refractivity contribution is 9.10. The van der Waals surface area contributed by atoms with Crippen LogP contribution in [0.3, 0.4) is 0 Å². The van der Waals surface area contributed by atoms with E-state index >= 15 is 0 Å². The van der Waals surface area contributed by atoms with Crippen molar-refractivity contribution in [2.45, 2.75) is 6.04 Å². The van der Waals surface area contributed by atoms with Crippen molar-refractivity contribution in [3.05, 3.63) is 28.2 Å². The molecule has 0 bridgehead atoms. The van der Waals surface area contributed by atoms with Crippen LogP contribution in [0.2, 0.25) is 0 Å². The molecule has 1 aliphatic heterocycles. The maximum absolute atomic E-state index is 12.0. The Morgan fingerprint density at radius 2 is 2.44 bits per heavy atom. The number of hydrogen-bond acceptors (Lipinski definition) is 4. The molecule has 0 saturated carbocycles. The lowest BCUT2D eigenvalue weighted by molar-refractivity contribution is -0.117. The lowest BCUT2D eigenvalue weighted by atomic mass is 10.2. The number of nitrogens with zero attached hydrogens (tertiary/aromatic N) is 1.